The molecule has 0 aliphatic carbocycles. The van der Waals surface area contributed by atoms with Gasteiger partial charge in [-0.25, -0.2) is 13.6 Å². The van der Waals surface area contributed by atoms with Crippen LogP contribution >= 0.6 is 0 Å². The van der Waals surface area contributed by atoms with Crippen molar-refractivity contribution in [2.75, 3.05) is 5.32 Å². The van der Waals surface area contributed by atoms with Crippen LogP contribution in [-0.4, -0.2) is 5.91 Å². The second-order valence-corrected chi connectivity index (χ2v) is 6.08. The summed E-state index contributed by atoms with van der Waals surface area (Å²) in [6.45, 7) is 0. The van der Waals surface area contributed by atoms with Gasteiger partial charge in [-0.05, 0) is 23.8 Å². The molecule has 0 unspecified atom stereocenters. The van der Waals surface area contributed by atoms with Crippen LogP contribution in [0.5, 0.6) is 0 Å². The zero-order valence-corrected chi connectivity index (χ0v) is 14.4. The fourth-order valence-electron chi connectivity index (χ4n) is 3.02. The van der Waals surface area contributed by atoms with Crippen LogP contribution in [-0.2, 0) is 0 Å². The summed E-state index contributed by atoms with van der Waals surface area (Å²) in [7, 11) is 0. The molecule has 28 heavy (non-hydrogen) atoms. The molecule has 1 heterocycles. The summed E-state index contributed by atoms with van der Waals surface area (Å²) in [4.78, 5) is 25.2. The van der Waals surface area contributed by atoms with Crippen LogP contribution < -0.4 is 10.9 Å². The number of hydrogen-bond acceptors (Lipinski definition) is 3. The van der Waals surface area contributed by atoms with Gasteiger partial charge in [0.25, 0.3) is 5.91 Å². The molecule has 4 rings (SSSR count). The van der Waals surface area contributed by atoms with Crippen LogP contribution in [0.3, 0.4) is 0 Å². The lowest BCUT2D eigenvalue weighted by Gasteiger charge is -2.12. The predicted molar refractivity (Wildman–Crippen MR) is 102 cm³/mol. The molecule has 0 saturated heterocycles. The molecular weight excluding hydrogens is 364 g/mol. The van der Waals surface area contributed by atoms with Gasteiger partial charge >= 0.3 is 5.63 Å². The highest BCUT2D eigenvalue weighted by molar-refractivity contribution is 6.11. The summed E-state index contributed by atoms with van der Waals surface area (Å²) in [6.07, 6.45) is 0. The Morgan fingerprint density at radius 2 is 1.54 bits per heavy atom. The van der Waals surface area contributed by atoms with Crippen LogP contribution in [0.2, 0.25) is 0 Å². The Morgan fingerprint density at radius 1 is 0.857 bits per heavy atom. The Morgan fingerprint density at radius 3 is 2.25 bits per heavy atom. The van der Waals surface area contributed by atoms with Gasteiger partial charge in [0.2, 0.25) is 5.76 Å². The number of halogens is 2. The third-order valence-electron chi connectivity index (χ3n) is 4.29. The molecule has 1 amide bonds. The monoisotopic (exact) mass is 377 g/mol. The summed E-state index contributed by atoms with van der Waals surface area (Å²) in [5.74, 6) is -2.76. The number of fused-ring (bicyclic) bond motifs is 1. The Bertz CT molecular complexity index is 1250. The minimum Gasteiger partial charge on any atom is -0.416 e. The van der Waals surface area contributed by atoms with E-state index >= 15 is 0 Å². The van der Waals surface area contributed by atoms with Crippen LogP contribution in [0.1, 0.15) is 10.6 Å². The van der Waals surface area contributed by atoms with Crippen molar-refractivity contribution in [3.8, 4) is 11.1 Å². The smallest absolute Gasteiger partial charge is 0.344 e. The molecule has 0 saturated carbocycles. The molecular formula is C22H13F2NO3. The molecule has 0 spiro atoms. The average molecular weight is 377 g/mol. The summed E-state index contributed by atoms with van der Waals surface area (Å²) >= 11 is 0. The lowest BCUT2D eigenvalue weighted by Crippen LogP contribution is -2.17. The molecule has 6 heteroatoms. The number of carbonyl (C=O) groups is 1. The minimum absolute atomic E-state index is 0.221. The Hall–Kier alpha value is -3.80. The van der Waals surface area contributed by atoms with Crippen molar-refractivity contribution in [3.05, 3.63) is 101 Å². The largest absolute Gasteiger partial charge is 0.416 e. The van der Waals surface area contributed by atoms with E-state index in [1.807, 2.05) is 6.07 Å². The van der Waals surface area contributed by atoms with Crippen molar-refractivity contribution >= 4 is 22.4 Å². The van der Waals surface area contributed by atoms with Crippen molar-refractivity contribution in [3.63, 3.8) is 0 Å². The molecule has 0 fully saturated rings. The first-order valence-corrected chi connectivity index (χ1v) is 8.42. The van der Waals surface area contributed by atoms with Gasteiger partial charge in [0.05, 0.1) is 11.1 Å². The normalized spacial score (nSPS) is 10.8. The topological polar surface area (TPSA) is 59.3 Å². The van der Waals surface area contributed by atoms with Crippen molar-refractivity contribution in [1.82, 2.24) is 0 Å². The molecule has 1 N–H and O–H groups in total. The number of anilines is 1. The Balaban J connectivity index is 1.91. The molecule has 0 aliphatic heterocycles. The summed E-state index contributed by atoms with van der Waals surface area (Å²) < 4.78 is 32.4. The lowest BCUT2D eigenvalue weighted by molar-refractivity contribution is 0.0993. The first-order chi connectivity index (χ1) is 13.5. The van der Waals surface area contributed by atoms with Crippen molar-refractivity contribution in [1.29, 1.82) is 0 Å². The first kappa shape index (κ1) is 17.6. The van der Waals surface area contributed by atoms with Gasteiger partial charge < -0.3 is 9.73 Å². The maximum absolute atomic E-state index is 13.9. The standard InChI is InChI=1S/C22H13F2NO3/c23-14-10-11-18(17(24)12-14)25-21(26)20-19(13-6-2-1-3-7-13)15-8-4-5-9-16(15)22(27)28-20/h1-12H,(H,25,26). The van der Waals surface area contributed by atoms with Gasteiger partial charge in [0.15, 0.2) is 0 Å². The van der Waals surface area contributed by atoms with E-state index in [9.17, 15) is 18.4 Å². The van der Waals surface area contributed by atoms with Crippen LogP contribution in [0, 0.1) is 11.6 Å². The minimum atomic E-state index is -0.933. The molecule has 0 aliphatic rings. The van der Waals surface area contributed by atoms with Gasteiger partial charge in [-0.15, -0.1) is 0 Å². The number of amides is 1. The fraction of sp³-hybridized carbons (Fsp3) is 0. The lowest BCUT2D eigenvalue weighted by atomic mass is 9.98. The predicted octanol–water partition coefficient (Wildman–Crippen LogP) is 4.99. The van der Waals surface area contributed by atoms with Crippen LogP contribution in [0.25, 0.3) is 21.9 Å². The van der Waals surface area contributed by atoms with Gasteiger partial charge in [0, 0.05) is 17.0 Å². The SMILES string of the molecule is O=C(Nc1ccc(F)cc1F)c1oc(=O)c2ccccc2c1-c1ccccc1. The second kappa shape index (κ2) is 7.08. The van der Waals surface area contributed by atoms with Gasteiger partial charge in [-0.1, -0.05) is 48.5 Å². The highest BCUT2D eigenvalue weighted by Crippen LogP contribution is 2.31. The molecule has 0 atom stereocenters. The zero-order valence-electron chi connectivity index (χ0n) is 14.4. The first-order valence-electron chi connectivity index (χ1n) is 8.42. The van der Waals surface area contributed by atoms with Crippen molar-refractivity contribution in [2.45, 2.75) is 0 Å². The number of benzene rings is 3. The maximum atomic E-state index is 13.9. The number of nitrogens with one attached hydrogen (secondary N) is 1. The number of rotatable bonds is 3. The highest BCUT2D eigenvalue weighted by atomic mass is 19.1. The molecule has 0 radical (unpaired) electrons. The highest BCUT2D eigenvalue weighted by Gasteiger charge is 2.22. The van der Waals surface area contributed by atoms with Gasteiger partial charge in [0.1, 0.15) is 11.6 Å². The third kappa shape index (κ3) is 3.16. The van der Waals surface area contributed by atoms with E-state index in [0.717, 1.165) is 12.1 Å². The summed E-state index contributed by atoms with van der Waals surface area (Å²) in [6, 6.07) is 18.5. The third-order valence-corrected chi connectivity index (χ3v) is 4.29. The number of carbonyl (C=O) groups excluding carboxylic acids is 1. The fourth-order valence-corrected chi connectivity index (χ4v) is 3.02. The quantitative estimate of drug-likeness (QED) is 0.547. The van der Waals surface area contributed by atoms with E-state index in [1.165, 1.54) is 0 Å². The average Bonchev–Trinajstić information content (AvgIpc) is 2.70. The summed E-state index contributed by atoms with van der Waals surface area (Å²) in [5, 5.41) is 3.20. The van der Waals surface area contributed by atoms with E-state index in [2.05, 4.69) is 5.32 Å². The molecule has 4 nitrogen and oxygen atoms in total. The Labute approximate surface area is 158 Å². The Kier molecular flexibility index (Phi) is 4.45. The van der Waals surface area contributed by atoms with Crippen LogP contribution in [0.15, 0.2) is 82.0 Å². The number of hydrogen-bond donors (Lipinski definition) is 1. The van der Waals surface area contributed by atoms with E-state index in [0.29, 0.717) is 28.0 Å². The summed E-state index contributed by atoms with van der Waals surface area (Å²) in [5.41, 5.74) is 0.171. The zero-order chi connectivity index (χ0) is 19.7. The second-order valence-electron chi connectivity index (χ2n) is 6.08. The molecule has 4 aromatic rings. The van der Waals surface area contributed by atoms with E-state index in [-0.39, 0.29) is 11.4 Å². The van der Waals surface area contributed by atoms with Crippen LogP contribution in [0.4, 0.5) is 14.5 Å². The van der Waals surface area contributed by atoms with Gasteiger partial charge in [-0.3, -0.25) is 4.79 Å². The molecule has 138 valence electrons. The van der Waals surface area contributed by atoms with Crippen molar-refractivity contribution in [2.24, 2.45) is 0 Å². The van der Waals surface area contributed by atoms with Gasteiger partial charge in [-0.2, -0.15) is 0 Å². The van der Waals surface area contributed by atoms with E-state index in [1.54, 1.807) is 48.5 Å². The maximum Gasteiger partial charge on any atom is 0.344 e. The molecule has 3 aromatic carbocycles. The van der Waals surface area contributed by atoms with E-state index in [4.69, 9.17) is 4.42 Å². The molecule has 1 aromatic heterocycles. The molecule has 0 bridgehead atoms. The van der Waals surface area contributed by atoms with E-state index < -0.39 is 23.2 Å². The van der Waals surface area contributed by atoms with Crippen molar-refractivity contribution < 1.29 is 18.0 Å².